The Hall–Kier alpha value is -2.20. The van der Waals surface area contributed by atoms with Crippen LogP contribution < -0.4 is 10.2 Å². The maximum atomic E-state index is 11.8. The number of carbonyl (C=O) groups excluding carboxylic acids is 1. The summed E-state index contributed by atoms with van der Waals surface area (Å²) in [6.45, 7) is 5.21. The molecule has 10 heteroatoms. The van der Waals surface area contributed by atoms with Crippen LogP contribution in [0.25, 0.3) is 0 Å². The number of nitrogens with zero attached hydrogens (tertiary/aromatic N) is 3. The van der Waals surface area contributed by atoms with E-state index in [1.165, 1.54) is 12.1 Å². The van der Waals surface area contributed by atoms with Crippen LogP contribution in [0.5, 0.6) is 0 Å². The second-order valence-corrected chi connectivity index (χ2v) is 8.31. The average molecular weight is 384 g/mol. The van der Waals surface area contributed by atoms with Crippen molar-refractivity contribution in [3.63, 3.8) is 0 Å². The lowest BCUT2D eigenvalue weighted by molar-refractivity contribution is -0.384. The molecule has 1 heterocycles. The quantitative estimate of drug-likeness (QED) is 0.542. The maximum Gasteiger partial charge on any atom is 0.293 e. The predicted octanol–water partition coefficient (Wildman–Crippen LogP) is 0.647. The molecule has 0 radical (unpaired) electrons. The smallest absolute Gasteiger partial charge is 0.293 e. The van der Waals surface area contributed by atoms with E-state index in [-0.39, 0.29) is 16.5 Å². The molecule has 1 fully saturated rings. The summed E-state index contributed by atoms with van der Waals surface area (Å²) in [7, 11) is -3.51. The summed E-state index contributed by atoms with van der Waals surface area (Å²) < 4.78 is 23.3. The van der Waals surface area contributed by atoms with Crippen LogP contribution in [0, 0.1) is 10.1 Å². The lowest BCUT2D eigenvalue weighted by Gasteiger charge is -2.35. The molecule has 0 spiro atoms. The molecular formula is C16H24N4O5S. The number of hydrogen-bond donors (Lipinski definition) is 1. The minimum Gasteiger partial charge on any atom is -0.363 e. The molecule has 0 aromatic heterocycles. The van der Waals surface area contributed by atoms with Gasteiger partial charge in [0.2, 0.25) is 5.91 Å². The highest BCUT2D eigenvalue weighted by molar-refractivity contribution is 7.90. The van der Waals surface area contributed by atoms with Gasteiger partial charge < -0.3 is 10.2 Å². The first-order chi connectivity index (χ1) is 12.2. The fraction of sp³-hybridized carbons (Fsp3) is 0.562. The molecule has 0 unspecified atom stereocenters. The number of rotatable bonds is 7. The minimum atomic E-state index is -3.51. The summed E-state index contributed by atoms with van der Waals surface area (Å²) in [4.78, 5) is 26.4. The van der Waals surface area contributed by atoms with Crippen molar-refractivity contribution >= 4 is 27.1 Å². The van der Waals surface area contributed by atoms with E-state index in [0.717, 1.165) is 18.7 Å². The molecule has 1 amide bonds. The van der Waals surface area contributed by atoms with Crippen molar-refractivity contribution in [3.8, 4) is 0 Å². The third-order valence-corrected chi connectivity index (χ3v) is 5.33. The molecule has 1 aromatic carbocycles. The monoisotopic (exact) mass is 384 g/mol. The minimum absolute atomic E-state index is 0.0243. The van der Waals surface area contributed by atoms with Crippen LogP contribution in [-0.2, 0) is 14.6 Å². The van der Waals surface area contributed by atoms with Crippen LogP contribution in [0.4, 0.5) is 11.4 Å². The standard InChI is InChI=1S/C16H24N4O5S/c1-3-6-17-16(21)12-18-7-9-19(10-8-18)14-5-4-13(26(2,24)25)11-15(14)20(22)23/h4-5,11H,3,6-10,12H2,1-2H3,(H,17,21). The number of nitro groups is 1. The summed E-state index contributed by atoms with van der Waals surface area (Å²) in [6.07, 6.45) is 1.90. The molecule has 1 aliphatic rings. The second kappa shape index (κ2) is 8.45. The molecule has 9 nitrogen and oxygen atoms in total. The zero-order chi connectivity index (χ0) is 19.3. The fourth-order valence-electron chi connectivity index (χ4n) is 2.82. The molecule has 1 aromatic rings. The van der Waals surface area contributed by atoms with Crippen molar-refractivity contribution in [1.82, 2.24) is 10.2 Å². The molecule has 1 aliphatic heterocycles. The van der Waals surface area contributed by atoms with Gasteiger partial charge in [0.05, 0.1) is 16.4 Å². The van der Waals surface area contributed by atoms with Crippen molar-refractivity contribution in [2.75, 3.05) is 50.4 Å². The van der Waals surface area contributed by atoms with E-state index in [0.29, 0.717) is 45.0 Å². The number of nitro benzene ring substituents is 1. The summed E-state index contributed by atoms with van der Waals surface area (Å²) in [6, 6.07) is 3.98. The summed E-state index contributed by atoms with van der Waals surface area (Å²) in [5.41, 5.74) is 0.180. The van der Waals surface area contributed by atoms with Crippen LogP contribution in [0.15, 0.2) is 23.1 Å². The van der Waals surface area contributed by atoms with Crippen LogP contribution in [0.2, 0.25) is 0 Å². The Morgan fingerprint density at radius 3 is 2.46 bits per heavy atom. The molecular weight excluding hydrogens is 360 g/mol. The molecule has 0 aliphatic carbocycles. The first kappa shape index (κ1) is 20.1. The third kappa shape index (κ3) is 5.15. The van der Waals surface area contributed by atoms with Gasteiger partial charge in [-0.3, -0.25) is 19.8 Å². The number of sulfone groups is 1. The highest BCUT2D eigenvalue weighted by atomic mass is 32.2. The van der Waals surface area contributed by atoms with Gasteiger partial charge in [0.15, 0.2) is 9.84 Å². The van der Waals surface area contributed by atoms with Crippen molar-refractivity contribution in [3.05, 3.63) is 28.3 Å². The summed E-state index contributed by atoms with van der Waals surface area (Å²) in [5.74, 6) is -0.0243. The largest absolute Gasteiger partial charge is 0.363 e. The van der Waals surface area contributed by atoms with Crippen LogP contribution in [0.3, 0.4) is 0 Å². The number of hydrogen-bond acceptors (Lipinski definition) is 7. The van der Waals surface area contributed by atoms with Crippen LogP contribution >= 0.6 is 0 Å². The van der Waals surface area contributed by atoms with Gasteiger partial charge in [-0.25, -0.2) is 8.42 Å². The highest BCUT2D eigenvalue weighted by Crippen LogP contribution is 2.31. The first-order valence-corrected chi connectivity index (χ1v) is 10.3. The van der Waals surface area contributed by atoms with Gasteiger partial charge in [0.1, 0.15) is 5.69 Å². The Morgan fingerprint density at radius 1 is 1.27 bits per heavy atom. The number of piperazine rings is 1. The van der Waals surface area contributed by atoms with E-state index in [2.05, 4.69) is 5.32 Å². The van der Waals surface area contributed by atoms with Gasteiger partial charge >= 0.3 is 0 Å². The maximum absolute atomic E-state index is 11.8. The van der Waals surface area contributed by atoms with Gasteiger partial charge in [0, 0.05) is 45.0 Å². The Kier molecular flexibility index (Phi) is 6.54. The Labute approximate surface area is 153 Å². The zero-order valence-corrected chi connectivity index (χ0v) is 15.8. The van der Waals surface area contributed by atoms with Crippen LogP contribution in [0.1, 0.15) is 13.3 Å². The molecule has 1 N–H and O–H groups in total. The number of nitrogens with one attached hydrogen (secondary N) is 1. The topological polar surface area (TPSA) is 113 Å². The normalized spacial score (nSPS) is 15.7. The van der Waals surface area contributed by atoms with Crippen LogP contribution in [-0.4, -0.2) is 69.7 Å². The van der Waals surface area contributed by atoms with E-state index >= 15 is 0 Å². The van der Waals surface area contributed by atoms with Gasteiger partial charge in [-0.05, 0) is 18.6 Å². The molecule has 0 saturated carbocycles. The highest BCUT2D eigenvalue weighted by Gasteiger charge is 2.26. The van der Waals surface area contributed by atoms with E-state index in [9.17, 15) is 23.3 Å². The van der Waals surface area contributed by atoms with E-state index < -0.39 is 14.8 Å². The molecule has 2 rings (SSSR count). The lowest BCUT2D eigenvalue weighted by Crippen LogP contribution is -2.49. The average Bonchev–Trinajstić information content (AvgIpc) is 2.59. The van der Waals surface area contributed by atoms with E-state index in [1.54, 1.807) is 0 Å². The molecule has 0 bridgehead atoms. The van der Waals surface area contributed by atoms with Gasteiger partial charge in [-0.15, -0.1) is 0 Å². The molecule has 0 atom stereocenters. The fourth-order valence-corrected chi connectivity index (χ4v) is 3.46. The Morgan fingerprint density at radius 2 is 1.92 bits per heavy atom. The first-order valence-electron chi connectivity index (χ1n) is 8.45. The predicted molar refractivity (Wildman–Crippen MR) is 98.2 cm³/mol. The molecule has 1 saturated heterocycles. The van der Waals surface area contributed by atoms with Gasteiger partial charge in [0.25, 0.3) is 5.69 Å². The van der Waals surface area contributed by atoms with E-state index in [1.807, 2.05) is 16.7 Å². The number of benzene rings is 1. The second-order valence-electron chi connectivity index (χ2n) is 6.29. The van der Waals surface area contributed by atoms with Crippen molar-refractivity contribution in [2.45, 2.75) is 18.2 Å². The zero-order valence-electron chi connectivity index (χ0n) is 15.0. The number of anilines is 1. The Bertz CT molecular complexity index is 773. The Balaban J connectivity index is 2.07. The van der Waals surface area contributed by atoms with Crippen molar-refractivity contribution in [1.29, 1.82) is 0 Å². The van der Waals surface area contributed by atoms with E-state index in [4.69, 9.17) is 0 Å². The van der Waals surface area contributed by atoms with Gasteiger partial charge in [-0.1, -0.05) is 6.92 Å². The molecule has 144 valence electrons. The summed E-state index contributed by atoms with van der Waals surface area (Å²) in [5, 5.41) is 14.2. The number of carbonyl (C=O) groups is 1. The molecule has 26 heavy (non-hydrogen) atoms. The number of amides is 1. The van der Waals surface area contributed by atoms with Gasteiger partial charge in [-0.2, -0.15) is 0 Å². The lowest BCUT2D eigenvalue weighted by atomic mass is 10.2. The third-order valence-electron chi connectivity index (χ3n) is 4.22. The van der Waals surface area contributed by atoms with Crippen molar-refractivity contribution < 1.29 is 18.1 Å². The van der Waals surface area contributed by atoms with Crippen molar-refractivity contribution in [2.24, 2.45) is 0 Å². The SMILES string of the molecule is CCCNC(=O)CN1CCN(c2ccc(S(C)(=O)=O)cc2[N+](=O)[O-])CC1. The summed E-state index contributed by atoms with van der Waals surface area (Å²) >= 11 is 0.